The van der Waals surface area contributed by atoms with Gasteiger partial charge in [-0.15, -0.1) is 0 Å². The second-order valence-electron chi connectivity index (χ2n) is 11.7. The maximum atomic E-state index is 10.8. The first kappa shape index (κ1) is 37.7. The van der Waals surface area contributed by atoms with Crippen molar-refractivity contribution >= 4 is 14.2 Å². The van der Waals surface area contributed by atoms with Gasteiger partial charge < -0.3 is 43.8 Å². The molecule has 0 amide bonds. The second kappa shape index (κ2) is 19.2. The van der Waals surface area contributed by atoms with E-state index in [9.17, 15) is 20.3 Å². The van der Waals surface area contributed by atoms with Crippen molar-refractivity contribution in [1.82, 2.24) is 9.97 Å². The third kappa shape index (κ3) is 10.4. The minimum atomic E-state index is -1.39. The molecule has 4 rings (SSSR count). The van der Waals surface area contributed by atoms with Crippen LogP contribution in [0.4, 0.5) is 0 Å². The Morgan fingerprint density at radius 2 is 1.02 bits per heavy atom. The van der Waals surface area contributed by atoms with Gasteiger partial charge in [0.25, 0.3) is 0 Å². The van der Waals surface area contributed by atoms with Crippen molar-refractivity contribution in [2.75, 3.05) is 40.6 Å². The topological polar surface area (TPSA) is 153 Å². The van der Waals surface area contributed by atoms with Gasteiger partial charge in [-0.05, 0) is 84.1 Å². The third-order valence-electron chi connectivity index (χ3n) is 8.11. The van der Waals surface area contributed by atoms with E-state index in [0.29, 0.717) is 47.3 Å². The minimum Gasteiger partial charge on any atom is -0.493 e. The smallest absolute Gasteiger partial charge is 0.441 e. The zero-order valence-corrected chi connectivity index (χ0v) is 28.6. The summed E-state index contributed by atoms with van der Waals surface area (Å²) < 4.78 is 28.1. The largest absolute Gasteiger partial charge is 0.493 e. The van der Waals surface area contributed by atoms with Crippen LogP contribution in [-0.2, 0) is 4.57 Å². The van der Waals surface area contributed by atoms with Crippen LogP contribution in [0.15, 0.2) is 73.3 Å². The second-order valence-corrected chi connectivity index (χ2v) is 11.7. The fraction of sp³-hybridized carbons (Fsp3) is 0.389. The van der Waals surface area contributed by atoms with Gasteiger partial charge in [-0.2, -0.15) is 0 Å². The molecule has 11 nitrogen and oxygen atoms in total. The Balaban J connectivity index is 1.41. The van der Waals surface area contributed by atoms with Crippen LogP contribution >= 0.6 is 0 Å². The van der Waals surface area contributed by atoms with Crippen LogP contribution in [0, 0.1) is 0 Å². The Kier molecular flexibility index (Phi) is 14.7. The summed E-state index contributed by atoms with van der Waals surface area (Å²) in [5.41, 5.74) is 4.71. The molecule has 0 saturated carbocycles. The van der Waals surface area contributed by atoms with Crippen LogP contribution in [-0.4, -0.2) is 85.1 Å². The molecule has 0 aliphatic heterocycles. The highest BCUT2D eigenvalue weighted by molar-refractivity contribution is 6.58. The van der Waals surface area contributed by atoms with Crippen LogP contribution in [0.25, 0.3) is 22.3 Å². The lowest BCUT2D eigenvalue weighted by atomic mass is 9.69. The monoisotopic (exact) mass is 672 g/mol. The molecular weight excluding hydrogens is 626 g/mol. The number of hydrogen-bond donors (Lipinski definition) is 4. The number of aliphatic hydroxyl groups excluding tert-OH is 2. The van der Waals surface area contributed by atoms with Gasteiger partial charge in [0.1, 0.15) is 0 Å². The molecule has 4 N–H and O–H groups in total. The van der Waals surface area contributed by atoms with E-state index in [1.54, 1.807) is 39.0 Å². The number of ether oxygens (including phenoxy) is 4. The average molecular weight is 672 g/mol. The summed E-state index contributed by atoms with van der Waals surface area (Å²) in [6.45, 7) is 4.61. The van der Waals surface area contributed by atoms with Crippen LogP contribution in [0.2, 0.25) is 12.6 Å². The normalized spacial score (nSPS) is 12.2. The summed E-state index contributed by atoms with van der Waals surface area (Å²) in [4.78, 5) is 8.74. The summed E-state index contributed by atoms with van der Waals surface area (Å²) in [5, 5.41) is 42.0. The van der Waals surface area contributed by atoms with E-state index in [4.69, 9.17) is 23.5 Å². The molecule has 0 saturated heterocycles. The van der Waals surface area contributed by atoms with Gasteiger partial charge in [0.2, 0.25) is 0 Å². The minimum absolute atomic E-state index is 0.00685. The maximum absolute atomic E-state index is 10.8. The number of hydrogen-bond acceptors (Lipinski definition) is 11. The van der Waals surface area contributed by atoms with Gasteiger partial charge in [0, 0.05) is 61.0 Å². The molecule has 2 atom stereocenters. The summed E-state index contributed by atoms with van der Waals surface area (Å²) in [7, 11) is 0.397. The summed E-state index contributed by atoms with van der Waals surface area (Å²) in [6.07, 6.45) is 8.42. The molecule has 2 aromatic carbocycles. The SMILES string of the molecule is CCCOc1cc(-c2cncc(C(CO)CB(O)OB(O)CC(CO)c3cncc(-c4ccc(OC)c(OCCC)c4)c3)c2)ccc1OC. The molecule has 260 valence electrons. The predicted octanol–water partition coefficient (Wildman–Crippen LogP) is 5.24. The molecule has 2 aromatic heterocycles. The van der Waals surface area contributed by atoms with Gasteiger partial charge >= 0.3 is 14.2 Å². The number of benzene rings is 2. The average Bonchev–Trinajstić information content (AvgIpc) is 3.14. The van der Waals surface area contributed by atoms with Crippen LogP contribution in [0.1, 0.15) is 49.7 Å². The molecule has 49 heavy (non-hydrogen) atoms. The highest BCUT2D eigenvalue weighted by Gasteiger charge is 2.29. The Hall–Kier alpha value is -4.13. The fourth-order valence-corrected chi connectivity index (χ4v) is 5.45. The highest BCUT2D eigenvalue weighted by Crippen LogP contribution is 2.35. The number of aliphatic hydroxyl groups is 2. The lowest BCUT2D eigenvalue weighted by Gasteiger charge is -2.21. The number of aromatic nitrogens is 2. The lowest BCUT2D eigenvalue weighted by Crippen LogP contribution is -2.32. The van der Waals surface area contributed by atoms with Crippen LogP contribution < -0.4 is 18.9 Å². The standard InChI is InChI=1S/C36H46B2N2O9/c1-5-11-47-35-15-25(7-9-33(35)45-3)27-13-29(21-39-19-27)31(23-41)17-37(43)49-38(44)18-32(24-42)30-14-28(20-40-22-30)26-8-10-34(46-4)36(16-26)48-12-6-2/h7-10,13-16,19-22,31-32,41-44H,5-6,11-12,17-18,23-24H2,1-4H3. The van der Waals surface area contributed by atoms with Crippen molar-refractivity contribution in [1.29, 1.82) is 0 Å². The van der Waals surface area contributed by atoms with Crippen molar-refractivity contribution in [3.05, 3.63) is 84.4 Å². The molecule has 4 aromatic rings. The Bertz CT molecular complexity index is 1500. The summed E-state index contributed by atoms with van der Waals surface area (Å²) in [5.74, 6) is 1.47. The molecule has 0 fully saturated rings. The Labute approximate surface area is 289 Å². The highest BCUT2D eigenvalue weighted by atomic mass is 16.5. The fourth-order valence-electron chi connectivity index (χ4n) is 5.45. The van der Waals surface area contributed by atoms with Gasteiger partial charge in [0.05, 0.1) is 27.4 Å². The van der Waals surface area contributed by atoms with E-state index in [1.165, 1.54) is 0 Å². The van der Waals surface area contributed by atoms with E-state index >= 15 is 0 Å². The van der Waals surface area contributed by atoms with E-state index in [2.05, 4.69) is 9.97 Å². The van der Waals surface area contributed by atoms with E-state index in [0.717, 1.165) is 35.1 Å². The van der Waals surface area contributed by atoms with Crippen LogP contribution in [0.3, 0.4) is 0 Å². The van der Waals surface area contributed by atoms with Crippen molar-refractivity contribution < 1.29 is 43.8 Å². The summed E-state index contributed by atoms with van der Waals surface area (Å²) >= 11 is 0. The Morgan fingerprint density at radius 1 is 0.592 bits per heavy atom. The van der Waals surface area contributed by atoms with E-state index in [-0.39, 0.29) is 25.9 Å². The molecular formula is C36H46B2N2O9. The first-order valence-electron chi connectivity index (χ1n) is 16.6. The molecule has 0 radical (unpaired) electrons. The third-order valence-corrected chi connectivity index (χ3v) is 8.11. The quantitative estimate of drug-likeness (QED) is 0.0913. The molecule has 13 heteroatoms. The first-order valence-corrected chi connectivity index (χ1v) is 16.6. The molecule has 2 heterocycles. The molecule has 2 unspecified atom stereocenters. The maximum Gasteiger partial charge on any atom is 0.441 e. The number of nitrogens with zero attached hydrogens (tertiary/aromatic N) is 2. The van der Waals surface area contributed by atoms with Gasteiger partial charge in [0.15, 0.2) is 23.0 Å². The zero-order chi connectivity index (χ0) is 35.2. The van der Waals surface area contributed by atoms with Crippen molar-refractivity contribution in [2.45, 2.75) is 51.2 Å². The lowest BCUT2D eigenvalue weighted by molar-refractivity contribution is 0.257. The molecule has 0 spiro atoms. The van der Waals surface area contributed by atoms with Crippen molar-refractivity contribution in [3.8, 4) is 45.3 Å². The van der Waals surface area contributed by atoms with Crippen LogP contribution in [0.5, 0.6) is 23.0 Å². The van der Waals surface area contributed by atoms with Gasteiger partial charge in [-0.3, -0.25) is 9.97 Å². The molecule has 0 aliphatic rings. The molecule has 0 aliphatic carbocycles. The van der Waals surface area contributed by atoms with Crippen molar-refractivity contribution in [3.63, 3.8) is 0 Å². The zero-order valence-electron chi connectivity index (χ0n) is 28.6. The van der Waals surface area contributed by atoms with Gasteiger partial charge in [-0.25, -0.2) is 0 Å². The summed E-state index contributed by atoms with van der Waals surface area (Å²) in [6, 6.07) is 15.0. The van der Waals surface area contributed by atoms with Gasteiger partial charge in [-0.1, -0.05) is 26.0 Å². The molecule has 0 bridgehead atoms. The number of rotatable bonds is 20. The van der Waals surface area contributed by atoms with Crippen molar-refractivity contribution in [2.24, 2.45) is 0 Å². The predicted molar refractivity (Wildman–Crippen MR) is 190 cm³/mol. The first-order chi connectivity index (χ1) is 23.8. The Morgan fingerprint density at radius 3 is 1.39 bits per heavy atom. The number of pyridine rings is 2. The number of methoxy groups -OCH3 is 2. The van der Waals surface area contributed by atoms with E-state index in [1.807, 2.05) is 62.4 Å². The van der Waals surface area contributed by atoms with E-state index < -0.39 is 26.1 Å².